The molecule has 5 rings (SSSR count). The topological polar surface area (TPSA) is 60.0 Å². The number of carbonyl (C=O) groups is 1. The Morgan fingerprint density at radius 3 is 2.38 bits per heavy atom. The summed E-state index contributed by atoms with van der Waals surface area (Å²) in [5, 5.41) is 7.51. The van der Waals surface area contributed by atoms with Gasteiger partial charge in [-0.2, -0.15) is 0 Å². The molecular formula is C26H39N5O. The van der Waals surface area contributed by atoms with E-state index < -0.39 is 0 Å². The lowest BCUT2D eigenvalue weighted by Crippen LogP contribution is -2.54. The Hall–Kier alpha value is -2.08. The number of benzene rings is 1. The van der Waals surface area contributed by atoms with Crippen molar-refractivity contribution in [2.24, 2.45) is 16.8 Å². The van der Waals surface area contributed by atoms with Crippen molar-refractivity contribution in [1.82, 2.24) is 20.4 Å². The van der Waals surface area contributed by atoms with Gasteiger partial charge in [0.25, 0.3) is 0 Å². The molecule has 1 aromatic carbocycles. The summed E-state index contributed by atoms with van der Waals surface area (Å²) in [4.78, 5) is 21.3. The fourth-order valence-electron chi connectivity index (χ4n) is 6.66. The Balaban J connectivity index is 1.22. The summed E-state index contributed by atoms with van der Waals surface area (Å²) in [5.74, 6) is 2.58. The first-order valence-corrected chi connectivity index (χ1v) is 12.6. The fraction of sp³-hybridized carbons (Fsp3) is 0.692. The maximum Gasteiger partial charge on any atom is 0.243 e. The Bertz CT molecular complexity index is 811. The number of fused-ring (bicyclic) bond motifs is 4. The Morgan fingerprint density at radius 1 is 1.00 bits per heavy atom. The van der Waals surface area contributed by atoms with Crippen LogP contribution < -0.4 is 10.6 Å². The van der Waals surface area contributed by atoms with E-state index >= 15 is 0 Å². The Labute approximate surface area is 192 Å². The highest BCUT2D eigenvalue weighted by atomic mass is 16.2. The van der Waals surface area contributed by atoms with E-state index in [0.29, 0.717) is 24.2 Å². The molecular weight excluding hydrogens is 398 g/mol. The van der Waals surface area contributed by atoms with Crippen molar-refractivity contribution >= 4 is 11.9 Å². The number of nitrogens with zero attached hydrogens (tertiary/aromatic N) is 3. The van der Waals surface area contributed by atoms with Crippen LogP contribution in [0, 0.1) is 11.8 Å². The lowest BCUT2D eigenvalue weighted by atomic mass is 9.95. The summed E-state index contributed by atoms with van der Waals surface area (Å²) < 4.78 is 0. The molecule has 5 atom stereocenters. The van der Waals surface area contributed by atoms with E-state index in [1.54, 1.807) is 19.0 Å². The predicted octanol–water partition coefficient (Wildman–Crippen LogP) is 2.99. The van der Waals surface area contributed by atoms with Crippen molar-refractivity contribution in [3.63, 3.8) is 0 Å². The van der Waals surface area contributed by atoms with Gasteiger partial charge in [0.1, 0.15) is 6.54 Å². The molecule has 2 N–H and O–H groups in total. The number of guanidine groups is 1. The standard InChI is InChI=1S/C26H39N5O/c1-30(2)25(32)16-27-26(29-24-13-19-8-9-20(24)12-19)28-21-14-22-10-11-23(15-21)31(22)17-18-6-4-3-5-7-18/h3-7,19-24H,8-17H2,1-2H3,(H2,27,28,29). The van der Waals surface area contributed by atoms with Gasteiger partial charge >= 0.3 is 0 Å². The SMILES string of the molecule is CN(C)C(=O)CN=C(NC1CC2CCC(C1)N2Cc1ccccc1)NC1CC2CCC1C2. The number of hydrogen-bond donors (Lipinski definition) is 2. The van der Waals surface area contributed by atoms with Crippen molar-refractivity contribution < 1.29 is 4.79 Å². The maximum absolute atomic E-state index is 12.2. The number of likely N-dealkylation sites (N-methyl/N-ethyl adjacent to an activating group) is 1. The van der Waals surface area contributed by atoms with Gasteiger partial charge in [-0.3, -0.25) is 9.69 Å². The van der Waals surface area contributed by atoms with E-state index in [0.717, 1.165) is 37.2 Å². The van der Waals surface area contributed by atoms with Crippen molar-refractivity contribution in [2.75, 3.05) is 20.6 Å². The number of nitrogens with one attached hydrogen (secondary N) is 2. The molecule has 4 bridgehead atoms. The summed E-state index contributed by atoms with van der Waals surface area (Å²) in [6.45, 7) is 1.27. The van der Waals surface area contributed by atoms with E-state index in [1.807, 2.05) is 0 Å². The molecule has 1 amide bonds. The lowest BCUT2D eigenvalue weighted by molar-refractivity contribution is -0.127. The van der Waals surface area contributed by atoms with Gasteiger partial charge in [-0.15, -0.1) is 0 Å². The number of amides is 1. The number of rotatable bonds is 6. The molecule has 2 saturated heterocycles. The van der Waals surface area contributed by atoms with Crippen molar-refractivity contribution in [3.05, 3.63) is 35.9 Å². The molecule has 0 aromatic heterocycles. The molecule has 4 aliphatic rings. The van der Waals surface area contributed by atoms with Crippen LogP contribution in [0.15, 0.2) is 35.3 Å². The number of piperidine rings is 1. The monoisotopic (exact) mass is 437 g/mol. The van der Waals surface area contributed by atoms with Crippen LogP contribution in [0.3, 0.4) is 0 Å². The second kappa shape index (κ2) is 9.42. The third-order valence-electron chi connectivity index (χ3n) is 8.36. The van der Waals surface area contributed by atoms with Crippen LogP contribution in [-0.2, 0) is 11.3 Å². The molecule has 6 nitrogen and oxygen atoms in total. The highest BCUT2D eigenvalue weighted by Gasteiger charge is 2.42. The largest absolute Gasteiger partial charge is 0.354 e. The molecule has 4 fully saturated rings. The van der Waals surface area contributed by atoms with Crippen LogP contribution in [0.2, 0.25) is 0 Å². The minimum absolute atomic E-state index is 0.0526. The highest BCUT2D eigenvalue weighted by molar-refractivity contribution is 5.85. The van der Waals surface area contributed by atoms with Crippen LogP contribution in [0.4, 0.5) is 0 Å². The lowest BCUT2D eigenvalue weighted by Gasteiger charge is -2.40. The van der Waals surface area contributed by atoms with E-state index in [4.69, 9.17) is 4.99 Å². The molecule has 5 unspecified atom stereocenters. The summed E-state index contributed by atoms with van der Waals surface area (Å²) >= 11 is 0. The number of hydrogen-bond acceptors (Lipinski definition) is 3. The first-order chi connectivity index (χ1) is 15.5. The first kappa shape index (κ1) is 21.7. The van der Waals surface area contributed by atoms with Gasteiger partial charge < -0.3 is 15.5 Å². The zero-order chi connectivity index (χ0) is 22.1. The molecule has 2 heterocycles. The average Bonchev–Trinajstić information content (AvgIpc) is 3.46. The van der Waals surface area contributed by atoms with Crippen molar-refractivity contribution in [2.45, 2.75) is 82.1 Å². The molecule has 2 saturated carbocycles. The van der Waals surface area contributed by atoms with Gasteiger partial charge in [-0.25, -0.2) is 4.99 Å². The minimum Gasteiger partial charge on any atom is -0.354 e. The summed E-state index contributed by atoms with van der Waals surface area (Å²) in [7, 11) is 3.60. The summed E-state index contributed by atoms with van der Waals surface area (Å²) in [6, 6.07) is 13.1. The molecule has 0 spiro atoms. The normalized spacial score (nSPS) is 34.0. The highest BCUT2D eigenvalue weighted by Crippen LogP contribution is 2.44. The molecule has 2 aliphatic carbocycles. The van der Waals surface area contributed by atoms with Crippen molar-refractivity contribution in [1.29, 1.82) is 0 Å². The second-order valence-corrected chi connectivity index (χ2v) is 10.7. The van der Waals surface area contributed by atoms with Gasteiger partial charge in [0, 0.05) is 44.8 Å². The van der Waals surface area contributed by atoms with Crippen LogP contribution in [-0.4, -0.2) is 66.5 Å². The van der Waals surface area contributed by atoms with Crippen LogP contribution in [0.25, 0.3) is 0 Å². The second-order valence-electron chi connectivity index (χ2n) is 10.7. The summed E-state index contributed by atoms with van der Waals surface area (Å²) in [6.07, 6.45) is 10.3. The van der Waals surface area contributed by atoms with Crippen molar-refractivity contribution in [3.8, 4) is 0 Å². The third kappa shape index (κ3) is 4.80. The zero-order valence-corrected chi connectivity index (χ0v) is 19.7. The van der Waals surface area contributed by atoms with Gasteiger partial charge in [-0.1, -0.05) is 36.8 Å². The van der Waals surface area contributed by atoms with Crippen LogP contribution in [0.1, 0.15) is 56.9 Å². The molecule has 0 radical (unpaired) electrons. The molecule has 2 aliphatic heterocycles. The summed E-state index contributed by atoms with van der Waals surface area (Å²) in [5.41, 5.74) is 1.42. The zero-order valence-electron chi connectivity index (χ0n) is 19.7. The third-order valence-corrected chi connectivity index (χ3v) is 8.36. The minimum atomic E-state index is 0.0526. The molecule has 174 valence electrons. The molecule has 32 heavy (non-hydrogen) atoms. The van der Waals surface area contributed by atoms with E-state index in [2.05, 4.69) is 45.9 Å². The molecule has 1 aromatic rings. The Kier molecular flexibility index (Phi) is 6.40. The fourth-order valence-corrected chi connectivity index (χ4v) is 6.66. The van der Waals surface area contributed by atoms with Gasteiger partial charge in [0.05, 0.1) is 0 Å². The van der Waals surface area contributed by atoms with Crippen LogP contribution >= 0.6 is 0 Å². The maximum atomic E-state index is 12.2. The van der Waals surface area contributed by atoms with E-state index in [1.165, 1.54) is 44.1 Å². The van der Waals surface area contributed by atoms with E-state index in [-0.39, 0.29) is 12.5 Å². The predicted molar refractivity (Wildman–Crippen MR) is 128 cm³/mol. The van der Waals surface area contributed by atoms with E-state index in [9.17, 15) is 4.79 Å². The quantitative estimate of drug-likeness (QED) is 0.531. The number of carbonyl (C=O) groups excluding carboxylic acids is 1. The van der Waals surface area contributed by atoms with Crippen LogP contribution in [0.5, 0.6) is 0 Å². The first-order valence-electron chi connectivity index (χ1n) is 12.6. The van der Waals surface area contributed by atoms with Gasteiger partial charge in [0.2, 0.25) is 5.91 Å². The smallest absolute Gasteiger partial charge is 0.243 e. The Morgan fingerprint density at radius 2 is 1.75 bits per heavy atom. The average molecular weight is 438 g/mol. The van der Waals surface area contributed by atoms with Gasteiger partial charge in [0.15, 0.2) is 5.96 Å². The molecule has 6 heteroatoms. The number of aliphatic imine (C=N–C) groups is 1. The van der Waals surface area contributed by atoms with Gasteiger partial charge in [-0.05, 0) is 62.3 Å².